The summed E-state index contributed by atoms with van der Waals surface area (Å²) in [6.07, 6.45) is 0. The molecule has 1 aromatic rings. The molecule has 110 valence electrons. The summed E-state index contributed by atoms with van der Waals surface area (Å²) in [5.41, 5.74) is 1.47. The Kier molecular flexibility index (Phi) is 4.88. The van der Waals surface area contributed by atoms with Crippen LogP contribution in [0.15, 0.2) is 18.2 Å². The Morgan fingerprint density at radius 1 is 1.55 bits per heavy atom. The van der Waals surface area contributed by atoms with Gasteiger partial charge in [-0.05, 0) is 23.6 Å². The lowest BCUT2D eigenvalue weighted by atomic mass is 10.1. The first-order valence-electron chi connectivity index (χ1n) is 6.77. The molecule has 0 saturated carbocycles. The predicted octanol–water partition coefficient (Wildman–Crippen LogP) is 2.66. The van der Waals surface area contributed by atoms with Crippen molar-refractivity contribution in [2.45, 2.75) is 25.7 Å². The predicted molar refractivity (Wildman–Crippen MR) is 82.3 cm³/mol. The van der Waals surface area contributed by atoms with E-state index < -0.39 is 0 Å². The van der Waals surface area contributed by atoms with E-state index in [4.69, 9.17) is 0 Å². The molecule has 0 aromatic heterocycles. The van der Waals surface area contributed by atoms with Crippen LogP contribution in [0.3, 0.4) is 0 Å². The van der Waals surface area contributed by atoms with E-state index in [0.29, 0.717) is 22.4 Å². The first-order valence-corrected chi connectivity index (χ1v) is 7.82. The second kappa shape index (κ2) is 6.45. The van der Waals surface area contributed by atoms with Gasteiger partial charge in [-0.3, -0.25) is 10.1 Å². The molecule has 1 heterocycles. The van der Waals surface area contributed by atoms with Crippen molar-refractivity contribution in [2.24, 2.45) is 5.92 Å². The molecule has 1 N–H and O–H groups in total. The minimum atomic E-state index is -0.345. The maximum atomic E-state index is 11.2. The van der Waals surface area contributed by atoms with Crippen LogP contribution in [-0.2, 0) is 6.61 Å². The van der Waals surface area contributed by atoms with E-state index in [-0.39, 0.29) is 17.2 Å². The van der Waals surface area contributed by atoms with Gasteiger partial charge in [0.1, 0.15) is 5.69 Å². The van der Waals surface area contributed by atoms with Gasteiger partial charge in [0.15, 0.2) is 0 Å². The summed E-state index contributed by atoms with van der Waals surface area (Å²) in [4.78, 5) is 12.9. The van der Waals surface area contributed by atoms with Crippen molar-refractivity contribution in [3.8, 4) is 0 Å². The van der Waals surface area contributed by atoms with Crippen LogP contribution in [0.2, 0.25) is 0 Å². The molecule has 0 radical (unpaired) electrons. The lowest BCUT2D eigenvalue weighted by molar-refractivity contribution is -0.384. The Morgan fingerprint density at radius 2 is 2.30 bits per heavy atom. The Morgan fingerprint density at radius 3 is 2.90 bits per heavy atom. The number of nitro benzene ring substituents is 1. The molecular weight excluding hydrogens is 276 g/mol. The number of nitro groups is 1. The Labute approximate surface area is 123 Å². The normalized spacial score (nSPS) is 19.4. The third kappa shape index (κ3) is 3.24. The number of anilines is 1. The number of nitrogens with zero attached hydrogens (tertiary/aromatic N) is 2. The largest absolute Gasteiger partial charge is 0.392 e. The van der Waals surface area contributed by atoms with Gasteiger partial charge in [-0.2, -0.15) is 11.8 Å². The van der Waals surface area contributed by atoms with Crippen LogP contribution in [0.1, 0.15) is 19.4 Å². The fraction of sp³-hybridized carbons (Fsp3) is 0.571. The summed E-state index contributed by atoms with van der Waals surface area (Å²) < 4.78 is 0. The summed E-state index contributed by atoms with van der Waals surface area (Å²) >= 11 is 1.93. The van der Waals surface area contributed by atoms with E-state index in [0.717, 1.165) is 18.8 Å². The third-order valence-electron chi connectivity index (χ3n) is 3.60. The van der Waals surface area contributed by atoms with Crippen LogP contribution in [0, 0.1) is 16.0 Å². The number of aliphatic hydroxyl groups is 1. The van der Waals surface area contributed by atoms with E-state index in [2.05, 4.69) is 18.7 Å². The molecule has 1 atom stereocenters. The summed E-state index contributed by atoms with van der Waals surface area (Å²) in [5.74, 6) is 1.52. The van der Waals surface area contributed by atoms with Crippen LogP contribution in [0.25, 0.3) is 0 Å². The summed E-state index contributed by atoms with van der Waals surface area (Å²) in [7, 11) is 0. The average molecular weight is 296 g/mol. The van der Waals surface area contributed by atoms with E-state index in [1.165, 1.54) is 6.07 Å². The Bertz CT molecular complexity index is 493. The fourth-order valence-corrected chi connectivity index (χ4v) is 3.67. The van der Waals surface area contributed by atoms with E-state index in [1.807, 2.05) is 11.8 Å². The van der Waals surface area contributed by atoms with E-state index >= 15 is 0 Å². The molecule has 0 bridgehead atoms. The molecule has 2 rings (SSSR count). The smallest absolute Gasteiger partial charge is 0.292 e. The van der Waals surface area contributed by atoms with Crippen LogP contribution in [0.4, 0.5) is 11.4 Å². The molecule has 5 nitrogen and oxygen atoms in total. The van der Waals surface area contributed by atoms with Gasteiger partial charge in [-0.25, -0.2) is 0 Å². The highest BCUT2D eigenvalue weighted by molar-refractivity contribution is 8.00. The molecule has 6 heteroatoms. The lowest BCUT2D eigenvalue weighted by Gasteiger charge is -2.35. The molecule has 1 aliphatic rings. The molecule has 1 fully saturated rings. The molecular formula is C14H20N2O3S. The highest BCUT2D eigenvalue weighted by Crippen LogP contribution is 2.34. The standard InChI is InChI=1S/C14H20N2O3S/c1-10(2)14-8-15(5-6-20-14)13-7-11(9-17)3-4-12(13)16(18)19/h3-4,7,10,14,17H,5-6,8-9H2,1-2H3. The van der Waals surface area contributed by atoms with Crippen molar-refractivity contribution in [3.05, 3.63) is 33.9 Å². The van der Waals surface area contributed by atoms with Crippen molar-refractivity contribution in [2.75, 3.05) is 23.7 Å². The van der Waals surface area contributed by atoms with Gasteiger partial charge in [0.25, 0.3) is 5.69 Å². The zero-order valence-electron chi connectivity index (χ0n) is 11.8. The third-order valence-corrected chi connectivity index (χ3v) is 5.14. The molecule has 1 saturated heterocycles. The zero-order valence-corrected chi connectivity index (χ0v) is 12.6. The first kappa shape index (κ1) is 15.1. The number of hydrogen-bond donors (Lipinski definition) is 1. The summed E-state index contributed by atoms with van der Waals surface area (Å²) in [6.45, 7) is 5.89. The Hall–Kier alpha value is -1.27. The number of hydrogen-bond acceptors (Lipinski definition) is 5. The second-order valence-electron chi connectivity index (χ2n) is 5.34. The summed E-state index contributed by atoms with van der Waals surface area (Å²) in [6, 6.07) is 4.85. The molecule has 1 unspecified atom stereocenters. The number of aliphatic hydroxyl groups excluding tert-OH is 1. The van der Waals surface area contributed by atoms with Crippen LogP contribution < -0.4 is 4.90 Å². The average Bonchev–Trinajstić information content (AvgIpc) is 2.46. The molecule has 20 heavy (non-hydrogen) atoms. The zero-order chi connectivity index (χ0) is 14.7. The van der Waals surface area contributed by atoms with Gasteiger partial charge in [-0.1, -0.05) is 13.8 Å². The van der Waals surface area contributed by atoms with Crippen LogP contribution in [0.5, 0.6) is 0 Å². The lowest BCUT2D eigenvalue weighted by Crippen LogP contribution is -2.40. The second-order valence-corrected chi connectivity index (χ2v) is 6.68. The first-order chi connectivity index (χ1) is 9.52. The van der Waals surface area contributed by atoms with Gasteiger partial charge in [-0.15, -0.1) is 0 Å². The molecule has 0 aliphatic carbocycles. The fourth-order valence-electron chi connectivity index (χ4n) is 2.37. The van der Waals surface area contributed by atoms with Gasteiger partial charge in [0.2, 0.25) is 0 Å². The van der Waals surface area contributed by atoms with Crippen molar-refractivity contribution >= 4 is 23.1 Å². The van der Waals surface area contributed by atoms with Crippen molar-refractivity contribution < 1.29 is 10.0 Å². The maximum Gasteiger partial charge on any atom is 0.292 e. The number of benzene rings is 1. The van der Waals surface area contributed by atoms with Gasteiger partial charge in [0, 0.05) is 30.2 Å². The quantitative estimate of drug-likeness (QED) is 0.683. The van der Waals surface area contributed by atoms with Crippen molar-refractivity contribution in [1.82, 2.24) is 0 Å². The van der Waals surface area contributed by atoms with Crippen molar-refractivity contribution in [1.29, 1.82) is 0 Å². The molecule has 0 amide bonds. The highest BCUT2D eigenvalue weighted by atomic mass is 32.2. The number of thioether (sulfide) groups is 1. The minimum Gasteiger partial charge on any atom is -0.392 e. The SMILES string of the molecule is CC(C)C1CN(c2cc(CO)ccc2[N+](=O)[O-])CCS1. The maximum absolute atomic E-state index is 11.2. The Balaban J connectivity index is 2.32. The molecule has 1 aliphatic heterocycles. The van der Waals surface area contributed by atoms with Gasteiger partial charge < -0.3 is 10.0 Å². The van der Waals surface area contributed by atoms with Crippen LogP contribution >= 0.6 is 11.8 Å². The molecule has 0 spiro atoms. The van der Waals surface area contributed by atoms with E-state index in [1.54, 1.807) is 12.1 Å². The van der Waals surface area contributed by atoms with E-state index in [9.17, 15) is 15.2 Å². The monoisotopic (exact) mass is 296 g/mol. The van der Waals surface area contributed by atoms with Gasteiger partial charge in [0.05, 0.1) is 11.5 Å². The van der Waals surface area contributed by atoms with Crippen LogP contribution in [-0.4, -0.2) is 34.1 Å². The van der Waals surface area contributed by atoms with Crippen molar-refractivity contribution in [3.63, 3.8) is 0 Å². The minimum absolute atomic E-state index is 0.0960. The van der Waals surface area contributed by atoms with Gasteiger partial charge >= 0.3 is 0 Å². The molecule has 1 aromatic carbocycles. The topological polar surface area (TPSA) is 66.6 Å². The summed E-state index contributed by atoms with van der Waals surface area (Å²) in [5, 5.41) is 20.9. The number of rotatable bonds is 4. The highest BCUT2D eigenvalue weighted by Gasteiger charge is 2.27.